The second-order valence-corrected chi connectivity index (χ2v) is 6.00. The number of hydrogen-bond donors (Lipinski definition) is 2. The van der Waals surface area contributed by atoms with Crippen LogP contribution in [0.5, 0.6) is 0 Å². The van der Waals surface area contributed by atoms with Crippen LogP contribution in [-0.2, 0) is 0 Å². The summed E-state index contributed by atoms with van der Waals surface area (Å²) in [5.41, 5.74) is 0. The Hall–Kier alpha value is -0.120. The van der Waals surface area contributed by atoms with Crippen molar-refractivity contribution < 1.29 is 5.11 Å². The molecule has 16 heavy (non-hydrogen) atoms. The van der Waals surface area contributed by atoms with E-state index in [1.807, 2.05) is 0 Å². The molecule has 3 nitrogen and oxygen atoms in total. The van der Waals surface area contributed by atoms with E-state index in [2.05, 4.69) is 24.1 Å². The van der Waals surface area contributed by atoms with Crippen LogP contribution >= 0.6 is 0 Å². The van der Waals surface area contributed by atoms with Crippen molar-refractivity contribution in [2.45, 2.75) is 45.3 Å². The van der Waals surface area contributed by atoms with E-state index in [-0.39, 0.29) is 6.10 Å². The molecule has 3 heteroatoms. The average molecular weight is 226 g/mol. The highest BCUT2D eigenvalue weighted by Crippen LogP contribution is 2.21. The van der Waals surface area contributed by atoms with Gasteiger partial charge in [-0.1, -0.05) is 13.8 Å². The molecule has 0 bridgehead atoms. The largest absolute Gasteiger partial charge is 0.390 e. The monoisotopic (exact) mass is 226 g/mol. The number of nitrogens with zero attached hydrogens (tertiary/aromatic N) is 1. The van der Waals surface area contributed by atoms with Crippen LogP contribution in [-0.4, -0.2) is 48.3 Å². The summed E-state index contributed by atoms with van der Waals surface area (Å²) in [4.78, 5) is 2.43. The maximum atomic E-state index is 9.95. The van der Waals surface area contributed by atoms with Crippen molar-refractivity contribution in [3.63, 3.8) is 0 Å². The van der Waals surface area contributed by atoms with Crippen LogP contribution in [0, 0.1) is 11.8 Å². The van der Waals surface area contributed by atoms with Crippen molar-refractivity contribution in [2.75, 3.05) is 26.2 Å². The molecule has 0 spiro atoms. The van der Waals surface area contributed by atoms with Gasteiger partial charge in [0.1, 0.15) is 0 Å². The second-order valence-electron chi connectivity index (χ2n) is 6.00. The number of hydrogen-bond acceptors (Lipinski definition) is 3. The molecule has 1 saturated heterocycles. The van der Waals surface area contributed by atoms with Gasteiger partial charge in [0, 0.05) is 32.2 Å². The topological polar surface area (TPSA) is 35.5 Å². The third kappa shape index (κ3) is 4.04. The van der Waals surface area contributed by atoms with Gasteiger partial charge in [0.05, 0.1) is 6.10 Å². The number of aliphatic hydroxyl groups excluding tert-OH is 1. The Balaban J connectivity index is 1.66. The van der Waals surface area contributed by atoms with E-state index in [9.17, 15) is 5.11 Å². The summed E-state index contributed by atoms with van der Waals surface area (Å²) in [5.74, 6) is 1.57. The first-order chi connectivity index (χ1) is 7.63. The number of piperidine rings is 1. The molecule has 0 unspecified atom stereocenters. The van der Waals surface area contributed by atoms with Gasteiger partial charge in [-0.25, -0.2) is 0 Å². The molecule has 0 aromatic carbocycles. The van der Waals surface area contributed by atoms with E-state index in [0.29, 0.717) is 6.04 Å². The summed E-state index contributed by atoms with van der Waals surface area (Å²) in [6.07, 6.45) is 3.74. The minimum Gasteiger partial charge on any atom is -0.390 e. The molecule has 2 N–H and O–H groups in total. The van der Waals surface area contributed by atoms with E-state index < -0.39 is 0 Å². The smallest absolute Gasteiger partial charge is 0.0791 e. The maximum Gasteiger partial charge on any atom is 0.0791 e. The summed E-state index contributed by atoms with van der Waals surface area (Å²) in [6, 6.07) is 0.703. The van der Waals surface area contributed by atoms with Crippen LogP contribution in [0.15, 0.2) is 0 Å². The minimum absolute atomic E-state index is 0.196. The molecular weight excluding hydrogens is 200 g/mol. The molecule has 0 amide bonds. The normalized spacial score (nSPS) is 33.9. The predicted molar refractivity (Wildman–Crippen MR) is 66.4 cm³/mol. The fourth-order valence-electron chi connectivity index (χ4n) is 2.89. The highest BCUT2D eigenvalue weighted by Gasteiger charge is 2.25. The van der Waals surface area contributed by atoms with Crippen LogP contribution < -0.4 is 5.32 Å². The summed E-state index contributed by atoms with van der Waals surface area (Å²) >= 11 is 0. The molecular formula is C13H26N2O. The second kappa shape index (κ2) is 5.48. The molecule has 2 rings (SSSR count). The van der Waals surface area contributed by atoms with E-state index in [4.69, 9.17) is 0 Å². The van der Waals surface area contributed by atoms with Gasteiger partial charge in [0.15, 0.2) is 0 Å². The Labute approximate surface area is 99.2 Å². The van der Waals surface area contributed by atoms with Crippen molar-refractivity contribution >= 4 is 0 Å². The van der Waals surface area contributed by atoms with Crippen molar-refractivity contribution in [3.05, 3.63) is 0 Å². The average Bonchev–Trinajstić information content (AvgIpc) is 2.96. The van der Waals surface area contributed by atoms with Crippen LogP contribution in [0.4, 0.5) is 0 Å². The van der Waals surface area contributed by atoms with Gasteiger partial charge in [-0.3, -0.25) is 0 Å². The number of nitrogens with one attached hydrogen (secondary N) is 1. The van der Waals surface area contributed by atoms with Crippen molar-refractivity contribution in [3.8, 4) is 0 Å². The molecule has 0 radical (unpaired) electrons. The number of aliphatic hydroxyl groups is 1. The fraction of sp³-hybridized carbons (Fsp3) is 1.00. The Morgan fingerprint density at radius 1 is 1.25 bits per heavy atom. The zero-order chi connectivity index (χ0) is 11.5. The van der Waals surface area contributed by atoms with Crippen molar-refractivity contribution in [1.82, 2.24) is 10.2 Å². The molecule has 2 aliphatic rings. The third-order valence-corrected chi connectivity index (χ3v) is 3.63. The Bertz CT molecular complexity index is 208. The van der Waals surface area contributed by atoms with Crippen LogP contribution in [0.3, 0.4) is 0 Å². The van der Waals surface area contributed by atoms with Gasteiger partial charge >= 0.3 is 0 Å². The van der Waals surface area contributed by atoms with Gasteiger partial charge in [0.2, 0.25) is 0 Å². The maximum absolute atomic E-state index is 9.95. The SMILES string of the molecule is C[C@@H]1C[C@H](C)CN(C[C@@H](O)CNC2CC2)C1. The molecule has 1 aliphatic carbocycles. The highest BCUT2D eigenvalue weighted by molar-refractivity contribution is 4.83. The van der Waals surface area contributed by atoms with Crippen LogP contribution in [0.25, 0.3) is 0 Å². The van der Waals surface area contributed by atoms with Gasteiger partial charge < -0.3 is 15.3 Å². The summed E-state index contributed by atoms with van der Waals surface area (Å²) in [6.45, 7) is 8.56. The van der Waals surface area contributed by atoms with Crippen LogP contribution in [0.1, 0.15) is 33.1 Å². The van der Waals surface area contributed by atoms with E-state index in [1.54, 1.807) is 0 Å². The summed E-state index contributed by atoms with van der Waals surface area (Å²) < 4.78 is 0. The number of likely N-dealkylation sites (tertiary alicyclic amines) is 1. The molecule has 94 valence electrons. The zero-order valence-corrected chi connectivity index (χ0v) is 10.7. The number of rotatable bonds is 5. The van der Waals surface area contributed by atoms with Crippen molar-refractivity contribution in [2.24, 2.45) is 11.8 Å². The summed E-state index contributed by atoms with van der Waals surface area (Å²) in [7, 11) is 0. The Morgan fingerprint density at radius 3 is 2.44 bits per heavy atom. The first kappa shape index (κ1) is 12.3. The lowest BCUT2D eigenvalue weighted by Gasteiger charge is -2.36. The third-order valence-electron chi connectivity index (χ3n) is 3.63. The Morgan fingerprint density at radius 2 is 1.88 bits per heavy atom. The van der Waals surface area contributed by atoms with E-state index in [0.717, 1.165) is 38.0 Å². The van der Waals surface area contributed by atoms with Gasteiger partial charge in [-0.05, 0) is 31.1 Å². The standard InChI is InChI=1S/C13H26N2O/c1-10-5-11(2)8-15(7-10)9-13(16)6-14-12-3-4-12/h10-14,16H,3-9H2,1-2H3/t10-,11+,13-/m0/s1. The molecule has 3 atom stereocenters. The lowest BCUT2D eigenvalue weighted by molar-refractivity contribution is 0.0698. The van der Waals surface area contributed by atoms with E-state index >= 15 is 0 Å². The summed E-state index contributed by atoms with van der Waals surface area (Å²) in [5, 5.41) is 13.3. The molecule has 0 aromatic rings. The first-order valence-electron chi connectivity index (χ1n) is 6.77. The van der Waals surface area contributed by atoms with E-state index in [1.165, 1.54) is 19.3 Å². The van der Waals surface area contributed by atoms with Gasteiger partial charge in [-0.15, -0.1) is 0 Å². The van der Waals surface area contributed by atoms with Crippen LogP contribution in [0.2, 0.25) is 0 Å². The van der Waals surface area contributed by atoms with Gasteiger partial charge in [-0.2, -0.15) is 0 Å². The molecule has 2 fully saturated rings. The number of β-amino-alcohol motifs (C(OH)–C–C–N with tert-alkyl or cyclic N) is 1. The predicted octanol–water partition coefficient (Wildman–Crippen LogP) is 1.08. The fourth-order valence-corrected chi connectivity index (χ4v) is 2.89. The lowest BCUT2D eigenvalue weighted by atomic mass is 9.92. The van der Waals surface area contributed by atoms with Gasteiger partial charge in [0.25, 0.3) is 0 Å². The molecule has 0 aromatic heterocycles. The highest BCUT2D eigenvalue weighted by atomic mass is 16.3. The lowest BCUT2D eigenvalue weighted by Crippen LogP contribution is -2.45. The quantitative estimate of drug-likeness (QED) is 0.736. The zero-order valence-electron chi connectivity index (χ0n) is 10.7. The Kier molecular flexibility index (Phi) is 4.22. The molecule has 1 aliphatic heterocycles. The first-order valence-corrected chi connectivity index (χ1v) is 6.77. The molecule has 1 heterocycles. The minimum atomic E-state index is -0.196. The van der Waals surface area contributed by atoms with Crippen molar-refractivity contribution in [1.29, 1.82) is 0 Å². The molecule has 1 saturated carbocycles.